The van der Waals surface area contributed by atoms with Crippen LogP contribution in [0.4, 0.5) is 0 Å². The molecular weight excluding hydrogens is 208 g/mol. The average Bonchev–Trinajstić information content (AvgIpc) is 2.37. The van der Waals surface area contributed by atoms with E-state index in [1.807, 2.05) is 13.8 Å². The van der Waals surface area contributed by atoms with Gasteiger partial charge in [-0.3, -0.25) is 0 Å². The molecule has 0 saturated heterocycles. The summed E-state index contributed by atoms with van der Waals surface area (Å²) in [6.07, 6.45) is 9.64. The Morgan fingerprint density at radius 3 is 1.94 bits per heavy atom. The highest BCUT2D eigenvalue weighted by Crippen LogP contribution is 2.21. The van der Waals surface area contributed by atoms with E-state index in [1.165, 1.54) is 38.5 Å². The molecule has 0 spiro atoms. The van der Waals surface area contributed by atoms with Crippen molar-refractivity contribution in [3.05, 3.63) is 0 Å². The zero-order chi connectivity index (χ0) is 13.5. The molecule has 0 aliphatic heterocycles. The summed E-state index contributed by atoms with van der Waals surface area (Å²) < 4.78 is 5.84. The van der Waals surface area contributed by atoms with Crippen LogP contribution < -0.4 is 0 Å². The van der Waals surface area contributed by atoms with Gasteiger partial charge in [0.05, 0.1) is 6.10 Å². The van der Waals surface area contributed by atoms with E-state index in [0.717, 1.165) is 18.9 Å². The van der Waals surface area contributed by atoms with E-state index in [-0.39, 0.29) is 0 Å². The highest BCUT2D eigenvalue weighted by molar-refractivity contribution is 4.66. The Balaban J connectivity index is 0. The van der Waals surface area contributed by atoms with Gasteiger partial charge in [0.25, 0.3) is 0 Å². The molecule has 2 atom stereocenters. The number of ether oxygens (including phenoxy) is 1. The van der Waals surface area contributed by atoms with Crippen molar-refractivity contribution in [2.75, 3.05) is 6.61 Å². The van der Waals surface area contributed by atoms with Crippen LogP contribution in [0.15, 0.2) is 0 Å². The van der Waals surface area contributed by atoms with Crippen molar-refractivity contribution in [2.45, 2.75) is 92.6 Å². The monoisotopic (exact) mass is 244 g/mol. The standard InChI is InChI=1S/C14H30O.C2H6/c1-5-8-9-11-14(10-6-2)13(4)15-12-7-3;1-2/h13-14H,5-12H2,1-4H3;1-2H3. The molecule has 0 heterocycles. The summed E-state index contributed by atoms with van der Waals surface area (Å²) in [6, 6.07) is 0. The molecule has 0 aromatic carbocycles. The van der Waals surface area contributed by atoms with Gasteiger partial charge in [0.1, 0.15) is 0 Å². The van der Waals surface area contributed by atoms with Crippen molar-refractivity contribution < 1.29 is 4.74 Å². The Morgan fingerprint density at radius 2 is 1.47 bits per heavy atom. The third-order valence-corrected chi connectivity index (χ3v) is 3.09. The zero-order valence-electron chi connectivity index (χ0n) is 13.2. The number of hydrogen-bond donors (Lipinski definition) is 0. The molecule has 0 aromatic heterocycles. The molecular formula is C16H36O. The van der Waals surface area contributed by atoms with Gasteiger partial charge >= 0.3 is 0 Å². The van der Waals surface area contributed by atoms with Crippen molar-refractivity contribution in [1.82, 2.24) is 0 Å². The summed E-state index contributed by atoms with van der Waals surface area (Å²) in [5, 5.41) is 0. The lowest BCUT2D eigenvalue weighted by Crippen LogP contribution is -2.21. The van der Waals surface area contributed by atoms with Crippen molar-refractivity contribution in [3.63, 3.8) is 0 Å². The van der Waals surface area contributed by atoms with Gasteiger partial charge in [-0.05, 0) is 32.1 Å². The van der Waals surface area contributed by atoms with Gasteiger partial charge in [-0.2, -0.15) is 0 Å². The van der Waals surface area contributed by atoms with Crippen LogP contribution in [-0.4, -0.2) is 12.7 Å². The van der Waals surface area contributed by atoms with Gasteiger partial charge < -0.3 is 4.74 Å². The molecule has 0 radical (unpaired) electrons. The van der Waals surface area contributed by atoms with Crippen molar-refractivity contribution in [3.8, 4) is 0 Å². The van der Waals surface area contributed by atoms with Crippen LogP contribution in [0.3, 0.4) is 0 Å². The van der Waals surface area contributed by atoms with Crippen LogP contribution in [0.5, 0.6) is 0 Å². The van der Waals surface area contributed by atoms with Gasteiger partial charge in [0, 0.05) is 6.61 Å². The lowest BCUT2D eigenvalue weighted by atomic mass is 9.92. The Labute approximate surface area is 110 Å². The number of rotatable bonds is 10. The number of unbranched alkanes of at least 4 members (excludes halogenated alkanes) is 2. The molecule has 0 bridgehead atoms. The van der Waals surface area contributed by atoms with E-state index in [0.29, 0.717) is 6.10 Å². The summed E-state index contributed by atoms with van der Waals surface area (Å²) in [5.41, 5.74) is 0. The molecule has 1 heteroatoms. The topological polar surface area (TPSA) is 9.23 Å². The Kier molecular flexibility index (Phi) is 18.1. The van der Waals surface area contributed by atoms with Crippen LogP contribution in [0.1, 0.15) is 86.5 Å². The predicted molar refractivity (Wildman–Crippen MR) is 79.6 cm³/mol. The largest absolute Gasteiger partial charge is 0.378 e. The predicted octanol–water partition coefficient (Wildman–Crippen LogP) is 5.82. The Hall–Kier alpha value is -0.0400. The maximum Gasteiger partial charge on any atom is 0.0575 e. The minimum absolute atomic E-state index is 0.460. The van der Waals surface area contributed by atoms with Crippen LogP contribution in [0, 0.1) is 5.92 Å². The first-order valence-corrected chi connectivity index (χ1v) is 7.87. The second kappa shape index (κ2) is 16.0. The molecule has 0 amide bonds. The van der Waals surface area contributed by atoms with Gasteiger partial charge in [-0.25, -0.2) is 0 Å². The van der Waals surface area contributed by atoms with Crippen molar-refractivity contribution in [1.29, 1.82) is 0 Å². The van der Waals surface area contributed by atoms with Gasteiger partial charge in [0.15, 0.2) is 0 Å². The van der Waals surface area contributed by atoms with E-state index < -0.39 is 0 Å². The van der Waals surface area contributed by atoms with E-state index in [9.17, 15) is 0 Å². The fourth-order valence-electron chi connectivity index (χ4n) is 2.08. The minimum Gasteiger partial charge on any atom is -0.378 e. The molecule has 17 heavy (non-hydrogen) atoms. The van der Waals surface area contributed by atoms with Crippen molar-refractivity contribution >= 4 is 0 Å². The average molecular weight is 244 g/mol. The quantitative estimate of drug-likeness (QED) is 0.440. The third kappa shape index (κ3) is 12.2. The van der Waals surface area contributed by atoms with Crippen LogP contribution in [0.25, 0.3) is 0 Å². The first-order valence-electron chi connectivity index (χ1n) is 7.87. The maximum absolute atomic E-state index is 5.84. The van der Waals surface area contributed by atoms with E-state index in [1.54, 1.807) is 0 Å². The second-order valence-electron chi connectivity index (χ2n) is 4.62. The fraction of sp³-hybridized carbons (Fsp3) is 1.00. The molecule has 0 aliphatic rings. The lowest BCUT2D eigenvalue weighted by Gasteiger charge is -2.23. The van der Waals surface area contributed by atoms with Crippen molar-refractivity contribution in [2.24, 2.45) is 5.92 Å². The molecule has 0 N–H and O–H groups in total. The van der Waals surface area contributed by atoms with Gasteiger partial charge in [-0.15, -0.1) is 0 Å². The minimum atomic E-state index is 0.460. The van der Waals surface area contributed by atoms with E-state index in [4.69, 9.17) is 4.74 Å². The fourth-order valence-corrected chi connectivity index (χ4v) is 2.08. The number of hydrogen-bond acceptors (Lipinski definition) is 1. The zero-order valence-corrected chi connectivity index (χ0v) is 13.2. The summed E-state index contributed by atoms with van der Waals surface area (Å²) in [5.74, 6) is 0.785. The molecule has 0 fully saturated rings. The highest BCUT2D eigenvalue weighted by Gasteiger charge is 2.16. The smallest absolute Gasteiger partial charge is 0.0575 e. The van der Waals surface area contributed by atoms with Gasteiger partial charge in [-0.1, -0.05) is 60.3 Å². The first kappa shape index (κ1) is 19.3. The molecule has 1 nitrogen and oxygen atoms in total. The molecule has 0 saturated carbocycles. The normalized spacial score (nSPS) is 13.8. The van der Waals surface area contributed by atoms with E-state index in [2.05, 4.69) is 27.7 Å². The Morgan fingerprint density at radius 1 is 0.824 bits per heavy atom. The molecule has 2 unspecified atom stereocenters. The highest BCUT2D eigenvalue weighted by atomic mass is 16.5. The van der Waals surface area contributed by atoms with Crippen LogP contribution in [0.2, 0.25) is 0 Å². The van der Waals surface area contributed by atoms with Gasteiger partial charge in [0.2, 0.25) is 0 Å². The van der Waals surface area contributed by atoms with E-state index >= 15 is 0 Å². The molecule has 106 valence electrons. The summed E-state index contributed by atoms with van der Waals surface area (Å²) >= 11 is 0. The van der Waals surface area contributed by atoms with Crippen LogP contribution >= 0.6 is 0 Å². The summed E-state index contributed by atoms with van der Waals surface area (Å²) in [7, 11) is 0. The van der Waals surface area contributed by atoms with Crippen LogP contribution in [-0.2, 0) is 4.74 Å². The SMILES string of the molecule is CC.CCCCCC(CCC)C(C)OCCC. The third-order valence-electron chi connectivity index (χ3n) is 3.09. The first-order chi connectivity index (χ1) is 8.26. The maximum atomic E-state index is 5.84. The molecule has 0 aromatic rings. The summed E-state index contributed by atoms with van der Waals surface area (Å²) in [4.78, 5) is 0. The molecule has 0 rings (SSSR count). The Bertz CT molecular complexity index is 123. The second-order valence-corrected chi connectivity index (χ2v) is 4.62. The summed E-state index contributed by atoms with van der Waals surface area (Å²) in [6.45, 7) is 13.9. The lowest BCUT2D eigenvalue weighted by molar-refractivity contribution is 0.0186. The molecule has 0 aliphatic carbocycles.